The highest BCUT2D eigenvalue weighted by Crippen LogP contribution is 2.17. The van der Waals surface area contributed by atoms with E-state index in [9.17, 15) is 4.79 Å². The van der Waals surface area contributed by atoms with E-state index in [1.807, 2.05) is 78.9 Å². The van der Waals surface area contributed by atoms with Crippen LogP contribution in [0.4, 0.5) is 5.69 Å². The van der Waals surface area contributed by atoms with Crippen molar-refractivity contribution in [1.29, 1.82) is 0 Å². The van der Waals surface area contributed by atoms with Crippen LogP contribution in [-0.2, 0) is 17.9 Å². The van der Waals surface area contributed by atoms with Gasteiger partial charge in [-0.25, -0.2) is 0 Å². The SMILES string of the molecule is O=C(CNc1ccc(OCc2ccccc2)cc1)NCc1ccc(Cl)cc1. The van der Waals surface area contributed by atoms with Crippen LogP contribution in [0, 0.1) is 0 Å². The van der Waals surface area contributed by atoms with Gasteiger partial charge in [0.25, 0.3) is 0 Å². The average Bonchev–Trinajstić information content (AvgIpc) is 2.72. The summed E-state index contributed by atoms with van der Waals surface area (Å²) in [6.45, 7) is 1.21. The minimum Gasteiger partial charge on any atom is -0.489 e. The van der Waals surface area contributed by atoms with Crippen LogP contribution in [0.5, 0.6) is 5.75 Å². The van der Waals surface area contributed by atoms with Crippen molar-refractivity contribution in [3.63, 3.8) is 0 Å². The molecule has 0 atom stereocenters. The molecule has 0 aliphatic carbocycles. The van der Waals surface area contributed by atoms with Crippen LogP contribution in [-0.4, -0.2) is 12.5 Å². The maximum Gasteiger partial charge on any atom is 0.239 e. The van der Waals surface area contributed by atoms with E-state index in [0.29, 0.717) is 18.2 Å². The summed E-state index contributed by atoms with van der Waals surface area (Å²) in [6, 6.07) is 25.0. The minimum absolute atomic E-state index is 0.0747. The third-order valence-electron chi connectivity index (χ3n) is 3.96. The zero-order valence-electron chi connectivity index (χ0n) is 14.8. The molecule has 1 amide bonds. The molecule has 3 aromatic rings. The number of hydrogen-bond donors (Lipinski definition) is 2. The zero-order chi connectivity index (χ0) is 18.9. The first-order valence-electron chi connectivity index (χ1n) is 8.71. The summed E-state index contributed by atoms with van der Waals surface area (Å²) < 4.78 is 5.75. The maximum atomic E-state index is 12.0. The molecule has 0 fully saturated rings. The lowest BCUT2D eigenvalue weighted by molar-refractivity contribution is -0.119. The van der Waals surface area contributed by atoms with E-state index in [4.69, 9.17) is 16.3 Å². The lowest BCUT2D eigenvalue weighted by atomic mass is 10.2. The third kappa shape index (κ3) is 6.35. The van der Waals surface area contributed by atoms with Crippen molar-refractivity contribution < 1.29 is 9.53 Å². The molecular formula is C22H21ClN2O2. The summed E-state index contributed by atoms with van der Waals surface area (Å²) in [5.74, 6) is 0.714. The number of anilines is 1. The smallest absolute Gasteiger partial charge is 0.239 e. The Balaban J connectivity index is 1.40. The van der Waals surface area contributed by atoms with Crippen molar-refractivity contribution in [2.75, 3.05) is 11.9 Å². The molecule has 3 rings (SSSR count). The fraction of sp³-hybridized carbons (Fsp3) is 0.136. The van der Waals surface area contributed by atoms with Crippen molar-refractivity contribution in [1.82, 2.24) is 5.32 Å². The van der Waals surface area contributed by atoms with Gasteiger partial charge in [0, 0.05) is 17.3 Å². The Morgan fingerprint density at radius 1 is 0.852 bits per heavy atom. The van der Waals surface area contributed by atoms with Crippen molar-refractivity contribution in [3.05, 3.63) is 95.0 Å². The predicted molar refractivity (Wildman–Crippen MR) is 109 cm³/mol. The molecule has 0 heterocycles. The van der Waals surface area contributed by atoms with E-state index in [1.54, 1.807) is 0 Å². The minimum atomic E-state index is -0.0747. The molecule has 138 valence electrons. The van der Waals surface area contributed by atoms with Gasteiger partial charge < -0.3 is 15.4 Å². The molecule has 0 unspecified atom stereocenters. The van der Waals surface area contributed by atoms with E-state index in [0.717, 1.165) is 22.6 Å². The molecule has 4 nitrogen and oxygen atoms in total. The number of nitrogens with one attached hydrogen (secondary N) is 2. The van der Waals surface area contributed by atoms with Gasteiger partial charge in [0.1, 0.15) is 12.4 Å². The number of rotatable bonds is 8. The Hall–Kier alpha value is -2.98. The summed E-state index contributed by atoms with van der Waals surface area (Å²) in [6.07, 6.45) is 0. The third-order valence-corrected chi connectivity index (χ3v) is 4.21. The molecule has 2 N–H and O–H groups in total. The molecule has 27 heavy (non-hydrogen) atoms. The number of benzene rings is 3. The first kappa shape index (κ1) is 18.8. The van der Waals surface area contributed by atoms with Crippen molar-refractivity contribution in [3.8, 4) is 5.75 Å². The van der Waals surface area contributed by atoms with E-state index in [1.165, 1.54) is 0 Å². The number of carbonyl (C=O) groups is 1. The fourth-order valence-corrected chi connectivity index (χ4v) is 2.58. The summed E-state index contributed by atoms with van der Waals surface area (Å²) >= 11 is 5.85. The Morgan fingerprint density at radius 3 is 2.26 bits per heavy atom. The van der Waals surface area contributed by atoms with Crippen LogP contribution in [0.15, 0.2) is 78.9 Å². The Kier molecular flexibility index (Phi) is 6.72. The van der Waals surface area contributed by atoms with Crippen LogP contribution in [0.25, 0.3) is 0 Å². The van der Waals surface area contributed by atoms with Crippen molar-refractivity contribution in [2.45, 2.75) is 13.2 Å². The van der Waals surface area contributed by atoms with Gasteiger partial charge in [0.2, 0.25) is 5.91 Å². The van der Waals surface area contributed by atoms with E-state index >= 15 is 0 Å². The Labute approximate surface area is 164 Å². The topological polar surface area (TPSA) is 50.4 Å². The summed E-state index contributed by atoms with van der Waals surface area (Å²) in [5, 5.41) is 6.65. The number of ether oxygens (including phenoxy) is 1. The van der Waals surface area contributed by atoms with Crippen LogP contribution in [0.3, 0.4) is 0 Å². The van der Waals surface area contributed by atoms with Crippen LogP contribution >= 0.6 is 11.6 Å². The van der Waals surface area contributed by atoms with Gasteiger partial charge in [-0.15, -0.1) is 0 Å². The first-order valence-corrected chi connectivity index (χ1v) is 9.09. The zero-order valence-corrected chi connectivity index (χ0v) is 15.6. The highest BCUT2D eigenvalue weighted by Gasteiger charge is 2.02. The molecular weight excluding hydrogens is 360 g/mol. The molecule has 5 heteroatoms. The van der Waals surface area contributed by atoms with E-state index in [-0.39, 0.29) is 12.5 Å². The number of carbonyl (C=O) groups excluding carboxylic acids is 1. The predicted octanol–water partition coefficient (Wildman–Crippen LogP) is 4.65. The van der Waals surface area contributed by atoms with Crippen LogP contribution in [0.1, 0.15) is 11.1 Å². The Bertz CT molecular complexity index is 850. The van der Waals surface area contributed by atoms with E-state index < -0.39 is 0 Å². The molecule has 0 aromatic heterocycles. The van der Waals surface area contributed by atoms with Gasteiger partial charge in [-0.05, 0) is 47.5 Å². The summed E-state index contributed by atoms with van der Waals surface area (Å²) in [4.78, 5) is 12.0. The van der Waals surface area contributed by atoms with E-state index in [2.05, 4.69) is 10.6 Å². The van der Waals surface area contributed by atoms with Gasteiger partial charge in [-0.3, -0.25) is 4.79 Å². The quantitative estimate of drug-likeness (QED) is 0.598. The highest BCUT2D eigenvalue weighted by atomic mass is 35.5. The summed E-state index contributed by atoms with van der Waals surface area (Å²) in [5.41, 5.74) is 2.99. The Morgan fingerprint density at radius 2 is 1.56 bits per heavy atom. The van der Waals surface area contributed by atoms with Gasteiger partial charge in [0.15, 0.2) is 0 Å². The van der Waals surface area contributed by atoms with Gasteiger partial charge in [0.05, 0.1) is 6.54 Å². The number of hydrogen-bond acceptors (Lipinski definition) is 3. The van der Waals surface area contributed by atoms with Crippen LogP contribution in [0.2, 0.25) is 5.02 Å². The second kappa shape index (κ2) is 9.64. The molecule has 0 aliphatic heterocycles. The molecule has 0 saturated heterocycles. The molecule has 0 spiro atoms. The van der Waals surface area contributed by atoms with Crippen LogP contribution < -0.4 is 15.4 Å². The molecule has 3 aromatic carbocycles. The molecule has 0 saturated carbocycles. The monoisotopic (exact) mass is 380 g/mol. The molecule has 0 radical (unpaired) electrons. The second-order valence-electron chi connectivity index (χ2n) is 6.06. The van der Waals surface area contributed by atoms with Crippen molar-refractivity contribution >= 4 is 23.2 Å². The lowest BCUT2D eigenvalue weighted by Gasteiger charge is -2.10. The fourth-order valence-electron chi connectivity index (χ4n) is 2.46. The maximum absolute atomic E-state index is 12.0. The van der Waals surface area contributed by atoms with Gasteiger partial charge in [-0.1, -0.05) is 54.1 Å². The lowest BCUT2D eigenvalue weighted by Crippen LogP contribution is -2.29. The average molecular weight is 381 g/mol. The molecule has 0 aliphatic rings. The first-order chi connectivity index (χ1) is 13.2. The number of halogens is 1. The standard InChI is InChI=1S/C22H21ClN2O2/c23-19-8-6-17(7-9-19)14-25-22(26)15-24-20-10-12-21(13-11-20)27-16-18-4-2-1-3-5-18/h1-13,24H,14-16H2,(H,25,26). The molecule has 0 bridgehead atoms. The normalized spacial score (nSPS) is 10.3. The van der Waals surface area contributed by atoms with Gasteiger partial charge >= 0.3 is 0 Å². The summed E-state index contributed by atoms with van der Waals surface area (Å²) in [7, 11) is 0. The van der Waals surface area contributed by atoms with Crippen molar-refractivity contribution in [2.24, 2.45) is 0 Å². The second-order valence-corrected chi connectivity index (χ2v) is 6.49. The largest absolute Gasteiger partial charge is 0.489 e. The van der Waals surface area contributed by atoms with Gasteiger partial charge in [-0.2, -0.15) is 0 Å². The number of amides is 1. The highest BCUT2D eigenvalue weighted by molar-refractivity contribution is 6.30.